The van der Waals surface area contributed by atoms with E-state index in [4.69, 9.17) is 9.97 Å². The Morgan fingerprint density at radius 3 is 2.02 bits per heavy atom. The maximum absolute atomic E-state index is 9.22. The molecule has 3 heterocycles. The minimum absolute atomic E-state index is 0.637. The van der Waals surface area contributed by atoms with E-state index in [1.807, 2.05) is 42.5 Å². The van der Waals surface area contributed by atoms with Crippen molar-refractivity contribution >= 4 is 49.1 Å². The molecule has 6 aromatic carbocycles. The first kappa shape index (κ1) is 25.2. The molecular weight excluding hydrogens is 548 g/mol. The first-order chi connectivity index (χ1) is 22.2. The van der Waals surface area contributed by atoms with E-state index in [1.165, 1.54) is 21.9 Å². The van der Waals surface area contributed by atoms with E-state index in [9.17, 15) is 5.26 Å². The predicted molar refractivity (Wildman–Crippen MR) is 184 cm³/mol. The first-order valence-corrected chi connectivity index (χ1v) is 15.0. The second kappa shape index (κ2) is 9.87. The molecule has 0 unspecified atom stereocenters. The lowest BCUT2D eigenvalue weighted by Gasteiger charge is -2.13. The van der Waals surface area contributed by atoms with Crippen molar-refractivity contribution in [3.63, 3.8) is 0 Å². The summed E-state index contributed by atoms with van der Waals surface area (Å²) in [7, 11) is 0. The molecule has 9 aromatic rings. The summed E-state index contributed by atoms with van der Waals surface area (Å²) in [5.74, 6) is 0. The van der Waals surface area contributed by atoms with Gasteiger partial charge in [0.15, 0.2) is 0 Å². The second-order valence-corrected chi connectivity index (χ2v) is 11.4. The smallest absolute Gasteiger partial charge is 0.146 e. The van der Waals surface area contributed by atoms with E-state index >= 15 is 0 Å². The van der Waals surface area contributed by atoms with Gasteiger partial charge in [-0.25, -0.2) is 9.97 Å². The fourth-order valence-corrected chi connectivity index (χ4v) is 6.54. The molecule has 0 fully saturated rings. The monoisotopic (exact) mass is 572 g/mol. The molecule has 0 aliphatic rings. The Morgan fingerprint density at radius 1 is 0.467 bits per heavy atom. The summed E-state index contributed by atoms with van der Waals surface area (Å²) in [4.78, 5) is 10.2. The zero-order valence-corrected chi connectivity index (χ0v) is 24.1. The molecule has 0 bridgehead atoms. The maximum Gasteiger partial charge on any atom is 0.146 e. The van der Waals surface area contributed by atoms with E-state index in [2.05, 4.69) is 114 Å². The van der Waals surface area contributed by atoms with Crippen LogP contribution in [0.3, 0.4) is 0 Å². The summed E-state index contributed by atoms with van der Waals surface area (Å²) in [5.41, 5.74) is 10.9. The first-order valence-electron chi connectivity index (χ1n) is 15.0. The van der Waals surface area contributed by atoms with Crippen LogP contribution in [0.25, 0.3) is 82.8 Å². The molecule has 4 heteroatoms. The number of imidazole rings is 1. The SMILES string of the molecule is N#Cc1ccc(-c2cccc(-c3ccc4c(c3)c3cc(-c5ccc6ccccc6c5)ccc3c3nc5ccccc5n43)n2)cc1. The van der Waals surface area contributed by atoms with Crippen LogP contribution in [0, 0.1) is 11.3 Å². The molecule has 0 aliphatic carbocycles. The lowest BCUT2D eigenvalue weighted by Crippen LogP contribution is -1.94. The highest BCUT2D eigenvalue weighted by atomic mass is 15.0. The fourth-order valence-electron chi connectivity index (χ4n) is 6.54. The number of pyridine rings is 2. The standard InChI is InChI=1S/C41H24N4/c42-25-26-12-14-28(15-13-26)36-9-5-10-37(43-36)32-19-21-39-35(24-32)34-23-31(30-17-16-27-6-1-2-7-29(27)22-30)18-20-33(34)41-44-38-8-3-4-11-40(38)45(39)41/h1-24H. The van der Waals surface area contributed by atoms with Crippen LogP contribution in [0.5, 0.6) is 0 Å². The molecule has 0 saturated carbocycles. The molecule has 0 atom stereocenters. The van der Waals surface area contributed by atoms with Gasteiger partial charge in [-0.15, -0.1) is 0 Å². The lowest BCUT2D eigenvalue weighted by molar-refractivity contribution is 1.30. The highest BCUT2D eigenvalue weighted by molar-refractivity contribution is 6.15. The number of hydrogen-bond donors (Lipinski definition) is 0. The Morgan fingerprint density at radius 2 is 1.16 bits per heavy atom. The molecule has 0 N–H and O–H groups in total. The lowest BCUT2D eigenvalue weighted by atomic mass is 9.96. The van der Waals surface area contributed by atoms with Crippen molar-refractivity contribution in [2.75, 3.05) is 0 Å². The summed E-state index contributed by atoms with van der Waals surface area (Å²) in [6.07, 6.45) is 0. The van der Waals surface area contributed by atoms with E-state index in [0.717, 1.165) is 60.9 Å². The van der Waals surface area contributed by atoms with Crippen LogP contribution in [0.4, 0.5) is 0 Å². The number of nitriles is 1. The number of nitrogens with zero attached hydrogens (tertiary/aromatic N) is 4. The average molecular weight is 573 g/mol. The van der Waals surface area contributed by atoms with Gasteiger partial charge in [0.2, 0.25) is 0 Å². The Labute approximate surface area is 259 Å². The van der Waals surface area contributed by atoms with Gasteiger partial charge < -0.3 is 0 Å². The van der Waals surface area contributed by atoms with Crippen molar-refractivity contribution in [1.82, 2.24) is 14.4 Å². The fraction of sp³-hybridized carbons (Fsp3) is 0. The minimum Gasteiger partial charge on any atom is -0.292 e. The van der Waals surface area contributed by atoms with Crippen LogP contribution in [-0.4, -0.2) is 14.4 Å². The predicted octanol–water partition coefficient (Wildman–Crippen LogP) is 10.2. The van der Waals surface area contributed by atoms with Gasteiger partial charge in [0.25, 0.3) is 0 Å². The molecule has 0 radical (unpaired) electrons. The highest BCUT2D eigenvalue weighted by Gasteiger charge is 2.16. The van der Waals surface area contributed by atoms with Gasteiger partial charge in [-0.05, 0) is 94.0 Å². The number of rotatable bonds is 3. The van der Waals surface area contributed by atoms with Crippen LogP contribution in [0.2, 0.25) is 0 Å². The van der Waals surface area contributed by atoms with E-state index < -0.39 is 0 Å². The maximum atomic E-state index is 9.22. The average Bonchev–Trinajstić information content (AvgIpc) is 3.51. The van der Waals surface area contributed by atoms with E-state index in [0.29, 0.717) is 5.56 Å². The summed E-state index contributed by atoms with van der Waals surface area (Å²) in [5, 5.41) is 15.1. The van der Waals surface area contributed by atoms with Crippen molar-refractivity contribution in [2.24, 2.45) is 0 Å². The largest absolute Gasteiger partial charge is 0.292 e. The summed E-state index contributed by atoms with van der Waals surface area (Å²) >= 11 is 0. The van der Waals surface area contributed by atoms with Gasteiger partial charge in [0, 0.05) is 21.9 Å². The molecule has 4 nitrogen and oxygen atoms in total. The van der Waals surface area contributed by atoms with Crippen LogP contribution in [0.1, 0.15) is 5.56 Å². The van der Waals surface area contributed by atoms with Gasteiger partial charge in [0.05, 0.1) is 39.6 Å². The topological polar surface area (TPSA) is 54.0 Å². The molecule has 0 saturated heterocycles. The third-order valence-corrected chi connectivity index (χ3v) is 8.79. The number of benzene rings is 6. The van der Waals surface area contributed by atoms with Gasteiger partial charge >= 0.3 is 0 Å². The molecule has 45 heavy (non-hydrogen) atoms. The van der Waals surface area contributed by atoms with E-state index in [1.54, 1.807) is 0 Å². The van der Waals surface area contributed by atoms with Crippen LogP contribution < -0.4 is 0 Å². The zero-order chi connectivity index (χ0) is 29.9. The third-order valence-electron chi connectivity index (χ3n) is 8.79. The quantitative estimate of drug-likeness (QED) is 0.198. The Balaban J connectivity index is 1.29. The number of fused-ring (bicyclic) bond motifs is 9. The van der Waals surface area contributed by atoms with Crippen molar-refractivity contribution in [1.29, 1.82) is 5.26 Å². The normalized spacial score (nSPS) is 11.5. The summed E-state index contributed by atoms with van der Waals surface area (Å²) < 4.78 is 2.28. The molecule has 3 aromatic heterocycles. The molecular formula is C41H24N4. The van der Waals surface area contributed by atoms with Crippen LogP contribution in [0.15, 0.2) is 146 Å². The molecule has 0 aliphatic heterocycles. The van der Waals surface area contributed by atoms with Gasteiger partial charge in [0.1, 0.15) is 5.65 Å². The summed E-state index contributed by atoms with van der Waals surface area (Å²) in [6, 6.07) is 52.7. The van der Waals surface area contributed by atoms with Crippen molar-refractivity contribution < 1.29 is 0 Å². The second-order valence-electron chi connectivity index (χ2n) is 11.4. The van der Waals surface area contributed by atoms with Gasteiger partial charge in [-0.3, -0.25) is 4.40 Å². The number of hydrogen-bond acceptors (Lipinski definition) is 3. The summed E-state index contributed by atoms with van der Waals surface area (Å²) in [6.45, 7) is 0. The molecule has 208 valence electrons. The van der Waals surface area contributed by atoms with Crippen molar-refractivity contribution in [3.05, 3.63) is 151 Å². The number of para-hydroxylation sites is 2. The van der Waals surface area contributed by atoms with Crippen LogP contribution in [-0.2, 0) is 0 Å². The zero-order valence-electron chi connectivity index (χ0n) is 24.1. The van der Waals surface area contributed by atoms with E-state index in [-0.39, 0.29) is 0 Å². The Hall–Kier alpha value is -6.31. The molecule has 0 amide bonds. The van der Waals surface area contributed by atoms with Gasteiger partial charge in [-0.1, -0.05) is 78.9 Å². The molecule has 0 spiro atoms. The minimum atomic E-state index is 0.637. The van der Waals surface area contributed by atoms with Crippen molar-refractivity contribution in [2.45, 2.75) is 0 Å². The molecule has 9 rings (SSSR count). The van der Waals surface area contributed by atoms with Crippen LogP contribution >= 0.6 is 0 Å². The van der Waals surface area contributed by atoms with Gasteiger partial charge in [-0.2, -0.15) is 5.26 Å². The highest BCUT2D eigenvalue weighted by Crippen LogP contribution is 2.37. The van der Waals surface area contributed by atoms with Crippen molar-refractivity contribution in [3.8, 4) is 39.7 Å². The third kappa shape index (κ3) is 4.06. The number of aromatic nitrogens is 3. The Kier molecular flexibility index (Phi) is 5.53. The Bertz CT molecular complexity index is 2660.